The first-order chi connectivity index (χ1) is 13.7. The van der Waals surface area contributed by atoms with Gasteiger partial charge in [-0.1, -0.05) is 30.7 Å². The fourth-order valence-corrected chi connectivity index (χ4v) is 4.90. The molecule has 0 unspecified atom stereocenters. The van der Waals surface area contributed by atoms with Crippen LogP contribution in [0.4, 0.5) is 4.39 Å². The SMILES string of the molecule is O=C(CN[C@H]1CCC[C@H]1c1ccc(F)cc1)NCCc1nc2ccccc2s1. The quantitative estimate of drug-likeness (QED) is 0.633. The van der Waals surface area contributed by atoms with Gasteiger partial charge in [-0.3, -0.25) is 4.79 Å². The van der Waals surface area contributed by atoms with Gasteiger partial charge in [-0.05, 0) is 48.6 Å². The van der Waals surface area contributed by atoms with E-state index >= 15 is 0 Å². The third-order valence-corrected chi connectivity index (χ3v) is 6.43. The molecule has 6 heteroatoms. The van der Waals surface area contributed by atoms with Crippen molar-refractivity contribution in [2.45, 2.75) is 37.6 Å². The molecule has 0 bridgehead atoms. The molecule has 2 atom stereocenters. The fraction of sp³-hybridized carbons (Fsp3) is 0.364. The van der Waals surface area contributed by atoms with Crippen LogP contribution in [-0.4, -0.2) is 30.0 Å². The molecule has 0 aliphatic heterocycles. The summed E-state index contributed by atoms with van der Waals surface area (Å²) in [5, 5.41) is 7.42. The molecule has 1 saturated carbocycles. The molecule has 0 saturated heterocycles. The van der Waals surface area contributed by atoms with Crippen LogP contribution in [0.15, 0.2) is 48.5 Å². The largest absolute Gasteiger partial charge is 0.355 e. The van der Waals surface area contributed by atoms with Crippen LogP contribution in [0, 0.1) is 5.82 Å². The maximum absolute atomic E-state index is 13.2. The Morgan fingerprint density at radius 3 is 2.79 bits per heavy atom. The van der Waals surface area contributed by atoms with E-state index in [1.165, 1.54) is 16.8 Å². The van der Waals surface area contributed by atoms with Gasteiger partial charge in [0.2, 0.25) is 5.91 Å². The highest BCUT2D eigenvalue weighted by molar-refractivity contribution is 7.18. The number of carbonyl (C=O) groups excluding carboxylic acids is 1. The van der Waals surface area contributed by atoms with E-state index in [-0.39, 0.29) is 17.8 Å². The van der Waals surface area contributed by atoms with Crippen molar-refractivity contribution < 1.29 is 9.18 Å². The number of hydrogen-bond donors (Lipinski definition) is 2. The zero-order chi connectivity index (χ0) is 19.3. The molecule has 0 radical (unpaired) electrons. The van der Waals surface area contributed by atoms with Crippen molar-refractivity contribution in [2.75, 3.05) is 13.1 Å². The molecule has 1 amide bonds. The van der Waals surface area contributed by atoms with Gasteiger partial charge in [-0.25, -0.2) is 9.37 Å². The van der Waals surface area contributed by atoms with Gasteiger partial charge in [-0.2, -0.15) is 0 Å². The van der Waals surface area contributed by atoms with Gasteiger partial charge < -0.3 is 10.6 Å². The smallest absolute Gasteiger partial charge is 0.233 e. The number of halogens is 1. The number of benzene rings is 2. The second-order valence-corrected chi connectivity index (χ2v) is 8.37. The highest BCUT2D eigenvalue weighted by Gasteiger charge is 2.28. The van der Waals surface area contributed by atoms with E-state index < -0.39 is 0 Å². The molecular weight excluding hydrogens is 373 g/mol. The van der Waals surface area contributed by atoms with Crippen molar-refractivity contribution >= 4 is 27.5 Å². The van der Waals surface area contributed by atoms with E-state index in [1.807, 2.05) is 30.3 Å². The summed E-state index contributed by atoms with van der Waals surface area (Å²) in [4.78, 5) is 16.8. The first-order valence-corrected chi connectivity index (χ1v) is 10.6. The Labute approximate surface area is 168 Å². The Morgan fingerprint density at radius 2 is 1.96 bits per heavy atom. The summed E-state index contributed by atoms with van der Waals surface area (Å²) in [6.45, 7) is 0.897. The predicted octanol–water partition coefficient (Wildman–Crippen LogP) is 4.02. The Bertz CT molecular complexity index is 907. The van der Waals surface area contributed by atoms with E-state index in [4.69, 9.17) is 0 Å². The zero-order valence-electron chi connectivity index (χ0n) is 15.7. The summed E-state index contributed by atoms with van der Waals surface area (Å²) in [6, 6.07) is 15.1. The van der Waals surface area contributed by atoms with Crippen molar-refractivity contribution in [2.24, 2.45) is 0 Å². The summed E-state index contributed by atoms with van der Waals surface area (Å²) < 4.78 is 14.3. The van der Waals surface area contributed by atoms with Crippen LogP contribution in [0.5, 0.6) is 0 Å². The van der Waals surface area contributed by atoms with Crippen LogP contribution in [-0.2, 0) is 11.2 Å². The van der Waals surface area contributed by atoms with Crippen LogP contribution < -0.4 is 10.6 Å². The molecule has 4 rings (SSSR count). The van der Waals surface area contributed by atoms with Crippen molar-refractivity contribution in [3.8, 4) is 0 Å². The average molecular weight is 398 g/mol. The van der Waals surface area contributed by atoms with Gasteiger partial charge in [0.1, 0.15) is 5.82 Å². The standard InChI is InChI=1S/C22H24FN3OS/c23-16-10-8-15(9-11-16)17-4-3-6-18(17)25-14-21(27)24-13-12-22-26-19-5-1-2-7-20(19)28-22/h1-2,5,7-11,17-18,25H,3-4,6,12-14H2,(H,24,27)/t17-,18-/m0/s1. The number of para-hydroxylation sites is 1. The van der Waals surface area contributed by atoms with Crippen LogP contribution >= 0.6 is 11.3 Å². The summed E-state index contributed by atoms with van der Waals surface area (Å²) in [5.41, 5.74) is 2.16. The van der Waals surface area contributed by atoms with Gasteiger partial charge in [0.25, 0.3) is 0 Å². The van der Waals surface area contributed by atoms with E-state index in [9.17, 15) is 9.18 Å². The number of rotatable bonds is 7. The Kier molecular flexibility index (Phi) is 5.98. The number of fused-ring (bicyclic) bond motifs is 1. The van der Waals surface area contributed by atoms with Gasteiger partial charge in [0, 0.05) is 19.0 Å². The Morgan fingerprint density at radius 1 is 1.14 bits per heavy atom. The monoisotopic (exact) mass is 397 g/mol. The van der Waals surface area contributed by atoms with Crippen LogP contribution in [0.3, 0.4) is 0 Å². The van der Waals surface area contributed by atoms with Crippen molar-refractivity contribution in [3.63, 3.8) is 0 Å². The third kappa shape index (κ3) is 4.56. The maximum Gasteiger partial charge on any atom is 0.233 e. The molecule has 2 aromatic carbocycles. The topological polar surface area (TPSA) is 54.0 Å². The highest BCUT2D eigenvalue weighted by atomic mass is 32.1. The van der Waals surface area contributed by atoms with Crippen LogP contribution in [0.2, 0.25) is 0 Å². The molecule has 1 aliphatic rings. The average Bonchev–Trinajstić information content (AvgIpc) is 3.33. The lowest BCUT2D eigenvalue weighted by Gasteiger charge is -2.21. The second-order valence-electron chi connectivity index (χ2n) is 7.25. The van der Waals surface area contributed by atoms with E-state index in [0.29, 0.717) is 19.0 Å². The number of thiazole rings is 1. The molecule has 4 nitrogen and oxygen atoms in total. The predicted molar refractivity (Wildman–Crippen MR) is 111 cm³/mol. The van der Waals surface area contributed by atoms with Crippen LogP contribution in [0.25, 0.3) is 10.2 Å². The number of nitrogens with zero attached hydrogens (tertiary/aromatic N) is 1. The minimum atomic E-state index is -0.209. The third-order valence-electron chi connectivity index (χ3n) is 5.34. The molecule has 28 heavy (non-hydrogen) atoms. The van der Waals surface area contributed by atoms with Gasteiger partial charge in [0.15, 0.2) is 0 Å². The van der Waals surface area contributed by atoms with Crippen molar-refractivity contribution in [1.29, 1.82) is 0 Å². The number of hydrogen-bond acceptors (Lipinski definition) is 4. The molecule has 1 aromatic heterocycles. The minimum Gasteiger partial charge on any atom is -0.355 e. The second kappa shape index (κ2) is 8.80. The fourth-order valence-electron chi connectivity index (χ4n) is 3.94. The van der Waals surface area contributed by atoms with Gasteiger partial charge >= 0.3 is 0 Å². The molecule has 1 fully saturated rings. The molecule has 3 aromatic rings. The minimum absolute atomic E-state index is 0.00543. The molecule has 1 heterocycles. The van der Waals surface area contributed by atoms with Gasteiger partial charge in [0.05, 0.1) is 21.8 Å². The normalized spacial score (nSPS) is 19.2. The summed E-state index contributed by atoms with van der Waals surface area (Å²) in [7, 11) is 0. The number of aromatic nitrogens is 1. The summed E-state index contributed by atoms with van der Waals surface area (Å²) in [6.07, 6.45) is 3.98. The first-order valence-electron chi connectivity index (χ1n) is 9.79. The lowest BCUT2D eigenvalue weighted by molar-refractivity contribution is -0.120. The van der Waals surface area contributed by atoms with Crippen molar-refractivity contribution in [1.82, 2.24) is 15.6 Å². The molecular formula is C22H24FN3OS. The van der Waals surface area contributed by atoms with E-state index in [1.54, 1.807) is 11.3 Å². The van der Waals surface area contributed by atoms with Crippen molar-refractivity contribution in [3.05, 3.63) is 64.9 Å². The lowest BCUT2D eigenvalue weighted by Crippen LogP contribution is -2.40. The summed E-state index contributed by atoms with van der Waals surface area (Å²) >= 11 is 1.68. The molecule has 146 valence electrons. The Hall–Kier alpha value is -2.31. The molecule has 1 aliphatic carbocycles. The zero-order valence-corrected chi connectivity index (χ0v) is 16.5. The Balaban J connectivity index is 1.23. The first kappa shape index (κ1) is 19.0. The summed E-state index contributed by atoms with van der Waals surface area (Å²) in [5.74, 6) is 0.140. The van der Waals surface area contributed by atoms with Gasteiger partial charge in [-0.15, -0.1) is 11.3 Å². The maximum atomic E-state index is 13.2. The van der Waals surface area contributed by atoms with E-state index in [2.05, 4.69) is 21.7 Å². The number of amides is 1. The highest BCUT2D eigenvalue weighted by Crippen LogP contribution is 2.34. The van der Waals surface area contributed by atoms with E-state index in [0.717, 1.165) is 41.8 Å². The lowest BCUT2D eigenvalue weighted by atomic mass is 9.94. The molecule has 2 N–H and O–H groups in total. The number of carbonyl (C=O) groups is 1. The number of nitrogens with one attached hydrogen (secondary N) is 2. The molecule has 0 spiro atoms. The van der Waals surface area contributed by atoms with Crippen LogP contribution in [0.1, 0.15) is 35.8 Å².